The molecule has 5 rings (SSSR count). The number of fused-ring (bicyclic) bond motifs is 1. The molecule has 1 N–H and O–H groups in total. The van der Waals surface area contributed by atoms with Crippen LogP contribution in [0.2, 0.25) is 0 Å². The largest absolute Gasteiger partial charge is 0.342 e. The predicted molar refractivity (Wildman–Crippen MR) is 111 cm³/mol. The molecule has 5 nitrogen and oxygen atoms in total. The van der Waals surface area contributed by atoms with Crippen LogP contribution in [0.25, 0.3) is 21.6 Å². The highest BCUT2D eigenvalue weighted by Crippen LogP contribution is 2.30. The highest BCUT2D eigenvalue weighted by atomic mass is 32.1. The van der Waals surface area contributed by atoms with Gasteiger partial charge in [0, 0.05) is 30.0 Å². The van der Waals surface area contributed by atoms with Crippen molar-refractivity contribution in [3.63, 3.8) is 0 Å². The van der Waals surface area contributed by atoms with Crippen LogP contribution in [-0.2, 0) is 0 Å². The highest BCUT2D eigenvalue weighted by molar-refractivity contribution is 7.13. The summed E-state index contributed by atoms with van der Waals surface area (Å²) in [5, 5.41) is 2.24. The summed E-state index contributed by atoms with van der Waals surface area (Å²) in [5.41, 5.74) is 2.76. The Morgan fingerprint density at radius 1 is 1.14 bits per heavy atom. The summed E-state index contributed by atoms with van der Waals surface area (Å²) >= 11 is 1.29. The van der Waals surface area contributed by atoms with Crippen LogP contribution in [0, 0.1) is 5.82 Å². The van der Waals surface area contributed by atoms with E-state index in [2.05, 4.69) is 9.97 Å². The van der Waals surface area contributed by atoms with Crippen molar-refractivity contribution in [2.45, 2.75) is 18.8 Å². The number of hydrogen-bond acceptors (Lipinski definition) is 4. The van der Waals surface area contributed by atoms with Gasteiger partial charge in [-0.1, -0.05) is 24.3 Å². The number of amides is 1. The second-order valence-electron chi connectivity index (χ2n) is 7.25. The molecule has 0 spiro atoms. The summed E-state index contributed by atoms with van der Waals surface area (Å²) in [5.74, 6) is 0.659. The monoisotopic (exact) mass is 406 g/mol. The number of hydrogen-bond donors (Lipinski definition) is 1. The minimum Gasteiger partial charge on any atom is -0.342 e. The number of aromatic amines is 1. The van der Waals surface area contributed by atoms with E-state index in [1.165, 1.54) is 17.4 Å². The van der Waals surface area contributed by atoms with E-state index in [1.807, 2.05) is 29.2 Å². The Balaban J connectivity index is 1.35. The van der Waals surface area contributed by atoms with Gasteiger partial charge in [-0.2, -0.15) is 0 Å². The molecule has 0 bridgehead atoms. The fraction of sp³-hybridized carbons (Fsp3) is 0.227. The number of para-hydroxylation sites is 2. The van der Waals surface area contributed by atoms with E-state index in [1.54, 1.807) is 23.6 Å². The van der Waals surface area contributed by atoms with Crippen LogP contribution >= 0.6 is 11.3 Å². The summed E-state index contributed by atoms with van der Waals surface area (Å²) < 4.78 is 14.0. The number of carbonyl (C=O) groups excluding carboxylic acids is 1. The Hall–Kier alpha value is -3.06. The van der Waals surface area contributed by atoms with Gasteiger partial charge in [-0.05, 0) is 37.1 Å². The molecule has 1 aliphatic rings. The van der Waals surface area contributed by atoms with Gasteiger partial charge in [0.1, 0.15) is 22.3 Å². The summed E-state index contributed by atoms with van der Waals surface area (Å²) in [6.45, 7) is 1.30. The van der Waals surface area contributed by atoms with E-state index >= 15 is 0 Å². The lowest BCUT2D eigenvalue weighted by Crippen LogP contribution is -2.39. The molecule has 2 aromatic carbocycles. The number of thiazole rings is 1. The fourth-order valence-corrected chi connectivity index (χ4v) is 4.66. The zero-order valence-electron chi connectivity index (χ0n) is 15.6. The van der Waals surface area contributed by atoms with E-state index in [9.17, 15) is 9.18 Å². The minimum absolute atomic E-state index is 0.107. The normalized spacial score (nSPS) is 17.0. The van der Waals surface area contributed by atoms with Crippen molar-refractivity contribution in [3.8, 4) is 10.6 Å². The fourth-order valence-electron chi connectivity index (χ4n) is 3.84. The van der Waals surface area contributed by atoms with Crippen molar-refractivity contribution >= 4 is 28.3 Å². The number of rotatable bonds is 3. The molecule has 0 radical (unpaired) electrons. The number of benzene rings is 2. The van der Waals surface area contributed by atoms with E-state index < -0.39 is 0 Å². The van der Waals surface area contributed by atoms with Gasteiger partial charge in [0.25, 0.3) is 5.91 Å². The van der Waals surface area contributed by atoms with Crippen molar-refractivity contribution in [2.24, 2.45) is 0 Å². The SMILES string of the molecule is O=C(c1csc(-c2ccccc2F)n1)N1CCCC(c2nc3ccccc3[nH]2)C1. The molecule has 1 fully saturated rings. The maximum absolute atomic E-state index is 14.0. The summed E-state index contributed by atoms with van der Waals surface area (Å²) in [6, 6.07) is 14.4. The summed E-state index contributed by atoms with van der Waals surface area (Å²) in [4.78, 5) is 27.4. The van der Waals surface area contributed by atoms with Gasteiger partial charge in [-0.15, -0.1) is 11.3 Å². The van der Waals surface area contributed by atoms with Crippen molar-refractivity contribution in [1.82, 2.24) is 19.9 Å². The van der Waals surface area contributed by atoms with Gasteiger partial charge in [0.15, 0.2) is 0 Å². The lowest BCUT2D eigenvalue weighted by molar-refractivity contribution is 0.0700. The molecular weight excluding hydrogens is 387 g/mol. The molecule has 146 valence electrons. The van der Waals surface area contributed by atoms with Crippen molar-refractivity contribution < 1.29 is 9.18 Å². The lowest BCUT2D eigenvalue weighted by Gasteiger charge is -2.31. The summed E-state index contributed by atoms with van der Waals surface area (Å²) in [7, 11) is 0. The molecule has 4 aromatic rings. The lowest BCUT2D eigenvalue weighted by atomic mass is 9.97. The quantitative estimate of drug-likeness (QED) is 0.529. The molecule has 1 aliphatic heterocycles. The number of H-pyrrole nitrogens is 1. The molecule has 0 aliphatic carbocycles. The molecule has 2 aromatic heterocycles. The zero-order chi connectivity index (χ0) is 19.8. The molecule has 1 amide bonds. The number of halogens is 1. The number of likely N-dealkylation sites (tertiary alicyclic amines) is 1. The van der Waals surface area contributed by atoms with Crippen molar-refractivity contribution in [2.75, 3.05) is 13.1 Å². The molecule has 1 saturated heterocycles. The van der Waals surface area contributed by atoms with Crippen LogP contribution in [0.3, 0.4) is 0 Å². The first-order chi connectivity index (χ1) is 14.2. The highest BCUT2D eigenvalue weighted by Gasteiger charge is 2.28. The standard InChI is InChI=1S/C22H19FN4OS/c23-16-8-2-1-7-15(16)21-26-19(13-29-21)22(28)27-11-5-6-14(12-27)20-24-17-9-3-4-10-18(17)25-20/h1-4,7-10,13-14H,5-6,11-12H2,(H,24,25). The molecule has 1 unspecified atom stereocenters. The van der Waals surface area contributed by atoms with Crippen LogP contribution in [0.5, 0.6) is 0 Å². The molecule has 0 saturated carbocycles. The Morgan fingerprint density at radius 2 is 1.97 bits per heavy atom. The van der Waals surface area contributed by atoms with Crippen LogP contribution in [0.1, 0.15) is 35.1 Å². The number of nitrogens with zero attached hydrogens (tertiary/aromatic N) is 3. The first kappa shape index (κ1) is 18.0. The number of piperidine rings is 1. The smallest absolute Gasteiger partial charge is 0.273 e. The van der Waals surface area contributed by atoms with E-state index in [-0.39, 0.29) is 17.6 Å². The topological polar surface area (TPSA) is 61.9 Å². The number of imidazole rings is 1. The summed E-state index contributed by atoms with van der Waals surface area (Å²) in [6.07, 6.45) is 1.90. The molecule has 3 heterocycles. The molecular formula is C22H19FN4OS. The second kappa shape index (κ2) is 7.40. The second-order valence-corrected chi connectivity index (χ2v) is 8.11. The van der Waals surface area contributed by atoms with Gasteiger partial charge in [0.2, 0.25) is 0 Å². The van der Waals surface area contributed by atoms with Gasteiger partial charge >= 0.3 is 0 Å². The van der Waals surface area contributed by atoms with Crippen LogP contribution in [0.4, 0.5) is 4.39 Å². The average Bonchev–Trinajstić information content (AvgIpc) is 3.41. The van der Waals surface area contributed by atoms with E-state index in [0.717, 1.165) is 29.7 Å². The Labute approximate surface area is 171 Å². The maximum Gasteiger partial charge on any atom is 0.273 e. The van der Waals surface area contributed by atoms with Crippen LogP contribution < -0.4 is 0 Å². The third-order valence-corrected chi connectivity index (χ3v) is 6.21. The van der Waals surface area contributed by atoms with Gasteiger partial charge in [-0.25, -0.2) is 14.4 Å². The number of carbonyl (C=O) groups is 1. The average molecular weight is 406 g/mol. The first-order valence-corrected chi connectivity index (χ1v) is 10.5. The molecule has 1 atom stereocenters. The van der Waals surface area contributed by atoms with Crippen molar-refractivity contribution in [1.29, 1.82) is 0 Å². The number of nitrogens with one attached hydrogen (secondary N) is 1. The Bertz CT molecular complexity index is 1150. The molecule has 29 heavy (non-hydrogen) atoms. The third kappa shape index (κ3) is 3.42. The zero-order valence-corrected chi connectivity index (χ0v) is 16.5. The van der Waals surface area contributed by atoms with Gasteiger partial charge in [-0.3, -0.25) is 4.79 Å². The van der Waals surface area contributed by atoms with Gasteiger partial charge in [0.05, 0.1) is 11.0 Å². The predicted octanol–water partition coefficient (Wildman–Crippen LogP) is 4.85. The van der Waals surface area contributed by atoms with E-state index in [4.69, 9.17) is 4.98 Å². The Morgan fingerprint density at radius 3 is 2.83 bits per heavy atom. The third-order valence-electron chi connectivity index (χ3n) is 5.33. The van der Waals surface area contributed by atoms with Crippen LogP contribution in [0.15, 0.2) is 53.9 Å². The first-order valence-electron chi connectivity index (χ1n) is 9.63. The maximum atomic E-state index is 14.0. The van der Waals surface area contributed by atoms with Crippen LogP contribution in [-0.4, -0.2) is 38.8 Å². The minimum atomic E-state index is -0.330. The van der Waals surface area contributed by atoms with Crippen molar-refractivity contribution in [3.05, 3.63) is 71.2 Å². The Kier molecular flexibility index (Phi) is 4.60. The van der Waals surface area contributed by atoms with E-state index in [0.29, 0.717) is 29.4 Å². The number of aromatic nitrogens is 3. The van der Waals surface area contributed by atoms with Gasteiger partial charge < -0.3 is 9.88 Å². The molecule has 7 heteroatoms.